The third kappa shape index (κ3) is 6.53. The Hall–Kier alpha value is -2.01. The summed E-state index contributed by atoms with van der Waals surface area (Å²) in [6.07, 6.45) is 5.85. The summed E-state index contributed by atoms with van der Waals surface area (Å²) in [5, 5.41) is 2.31. The van der Waals surface area contributed by atoms with E-state index in [0.29, 0.717) is 33.2 Å². The van der Waals surface area contributed by atoms with Gasteiger partial charge in [-0.05, 0) is 42.3 Å². The molecule has 1 aromatic heterocycles. The van der Waals surface area contributed by atoms with E-state index in [4.69, 9.17) is 51.1 Å². The first kappa shape index (κ1) is 24.1. The van der Waals surface area contributed by atoms with E-state index in [9.17, 15) is 0 Å². The van der Waals surface area contributed by atoms with Crippen molar-refractivity contribution < 1.29 is 9.30 Å². The van der Waals surface area contributed by atoms with Gasteiger partial charge in [0, 0.05) is 25.7 Å². The fraction of sp³-hybridized carbons (Fsp3) is 0.192. The van der Waals surface area contributed by atoms with Gasteiger partial charge in [-0.15, -0.1) is 0 Å². The largest absolute Gasteiger partial charge is 0.365 e. The molecule has 0 aliphatic carbocycles. The lowest BCUT2D eigenvalue weighted by atomic mass is 10.1. The van der Waals surface area contributed by atoms with Crippen molar-refractivity contribution in [2.45, 2.75) is 32.7 Å². The number of nitrogens with zero attached hydrogens (tertiary/aromatic N) is 2. The van der Waals surface area contributed by atoms with Crippen LogP contribution in [0.25, 0.3) is 0 Å². The van der Waals surface area contributed by atoms with Crippen molar-refractivity contribution in [3.05, 3.63) is 122 Å². The van der Waals surface area contributed by atoms with E-state index >= 15 is 0 Å². The van der Waals surface area contributed by atoms with Gasteiger partial charge in [-0.2, -0.15) is 0 Å². The number of ether oxygens (including phenoxy) is 1. The standard InChI is InChI=1S/C26H23Cl4N2O/c1-18-3-2-4-19(11-18)14-31-9-10-32(17-31)15-26(23-8-7-22(28)13-25(23)30)33-16-20-5-6-21(27)12-24(20)29/h2-13,17,26H,14-16H2,1H3/q+1. The predicted octanol–water partition coefficient (Wildman–Crippen LogP) is 7.70. The molecule has 0 fully saturated rings. The Bertz CT molecular complexity index is 1250. The minimum Gasteiger partial charge on any atom is -0.365 e. The molecule has 33 heavy (non-hydrogen) atoms. The molecule has 1 unspecified atom stereocenters. The highest BCUT2D eigenvalue weighted by molar-refractivity contribution is 6.35. The topological polar surface area (TPSA) is 18.0 Å². The summed E-state index contributed by atoms with van der Waals surface area (Å²) in [7, 11) is 0. The third-order valence-corrected chi connectivity index (χ3v) is 6.48. The van der Waals surface area contributed by atoms with Crippen LogP contribution in [-0.4, -0.2) is 4.57 Å². The van der Waals surface area contributed by atoms with E-state index in [2.05, 4.69) is 52.8 Å². The summed E-state index contributed by atoms with van der Waals surface area (Å²) in [6, 6.07) is 19.4. The van der Waals surface area contributed by atoms with Crippen molar-refractivity contribution in [2.75, 3.05) is 0 Å². The molecule has 1 atom stereocenters. The van der Waals surface area contributed by atoms with Crippen LogP contribution in [0.15, 0.2) is 79.4 Å². The normalized spacial score (nSPS) is 12.2. The average molecular weight is 521 g/mol. The zero-order chi connectivity index (χ0) is 23.4. The molecule has 7 heteroatoms. The van der Waals surface area contributed by atoms with Crippen molar-refractivity contribution >= 4 is 46.4 Å². The molecule has 0 spiro atoms. The number of benzene rings is 3. The Balaban J connectivity index is 1.54. The number of halogens is 4. The van der Waals surface area contributed by atoms with E-state index in [0.717, 1.165) is 17.7 Å². The van der Waals surface area contributed by atoms with Gasteiger partial charge in [0.25, 0.3) is 0 Å². The summed E-state index contributed by atoms with van der Waals surface area (Å²) in [6.45, 7) is 3.80. The van der Waals surface area contributed by atoms with Gasteiger partial charge in [-0.25, -0.2) is 9.13 Å². The second kappa shape index (κ2) is 10.9. The summed E-state index contributed by atoms with van der Waals surface area (Å²) >= 11 is 25.0. The van der Waals surface area contributed by atoms with Crippen LogP contribution in [0.4, 0.5) is 0 Å². The van der Waals surface area contributed by atoms with E-state index in [1.165, 1.54) is 11.1 Å². The predicted molar refractivity (Wildman–Crippen MR) is 135 cm³/mol. The van der Waals surface area contributed by atoms with Gasteiger partial charge < -0.3 is 4.74 Å². The van der Waals surface area contributed by atoms with Crippen molar-refractivity contribution in [2.24, 2.45) is 0 Å². The summed E-state index contributed by atoms with van der Waals surface area (Å²) < 4.78 is 10.6. The molecule has 4 aromatic rings. The van der Waals surface area contributed by atoms with E-state index < -0.39 is 0 Å². The van der Waals surface area contributed by atoms with Gasteiger partial charge in [-0.1, -0.05) is 88.4 Å². The van der Waals surface area contributed by atoms with Crippen molar-refractivity contribution in [1.82, 2.24) is 4.57 Å². The van der Waals surface area contributed by atoms with E-state index in [-0.39, 0.29) is 6.10 Å². The maximum absolute atomic E-state index is 6.53. The number of aromatic nitrogens is 2. The van der Waals surface area contributed by atoms with Gasteiger partial charge in [0.1, 0.15) is 31.6 Å². The molecule has 0 N–H and O–H groups in total. The van der Waals surface area contributed by atoms with Crippen LogP contribution in [0, 0.1) is 6.92 Å². The molecule has 3 aromatic carbocycles. The Morgan fingerprint density at radius 3 is 2.39 bits per heavy atom. The lowest BCUT2D eigenvalue weighted by molar-refractivity contribution is -0.687. The molecule has 4 rings (SSSR count). The molecule has 3 nitrogen and oxygen atoms in total. The third-order valence-electron chi connectivity index (χ3n) is 5.34. The fourth-order valence-corrected chi connectivity index (χ4v) is 4.68. The molecule has 170 valence electrons. The number of hydrogen-bond donors (Lipinski definition) is 0. The smallest absolute Gasteiger partial charge is 0.244 e. The quantitative estimate of drug-likeness (QED) is 0.217. The van der Waals surface area contributed by atoms with E-state index in [1.54, 1.807) is 18.2 Å². The Morgan fingerprint density at radius 1 is 0.909 bits per heavy atom. The Labute approximate surface area is 214 Å². The molecule has 0 aliphatic rings. The molecule has 0 saturated carbocycles. The molecule has 0 radical (unpaired) electrons. The van der Waals surface area contributed by atoms with Crippen molar-refractivity contribution in [3.8, 4) is 0 Å². The molecule has 0 saturated heterocycles. The van der Waals surface area contributed by atoms with Crippen molar-refractivity contribution in [1.29, 1.82) is 0 Å². The van der Waals surface area contributed by atoms with Crippen LogP contribution in [0.2, 0.25) is 20.1 Å². The van der Waals surface area contributed by atoms with Gasteiger partial charge in [0.15, 0.2) is 0 Å². The maximum atomic E-state index is 6.53. The number of rotatable bonds is 8. The number of hydrogen-bond acceptors (Lipinski definition) is 1. The molecule has 0 bridgehead atoms. The lowest BCUT2D eigenvalue weighted by Crippen LogP contribution is -2.31. The van der Waals surface area contributed by atoms with Gasteiger partial charge in [0.2, 0.25) is 6.33 Å². The van der Waals surface area contributed by atoms with Crippen LogP contribution >= 0.6 is 46.4 Å². The van der Waals surface area contributed by atoms with Crippen LogP contribution in [0.3, 0.4) is 0 Å². The van der Waals surface area contributed by atoms with E-state index in [1.807, 2.05) is 24.4 Å². The van der Waals surface area contributed by atoms with Gasteiger partial charge in [0.05, 0.1) is 6.61 Å². The first-order chi connectivity index (χ1) is 15.9. The highest BCUT2D eigenvalue weighted by atomic mass is 35.5. The first-order valence-electron chi connectivity index (χ1n) is 10.5. The second-order valence-corrected chi connectivity index (χ2v) is 9.66. The molecular weight excluding hydrogens is 498 g/mol. The zero-order valence-corrected chi connectivity index (χ0v) is 21.0. The second-order valence-electron chi connectivity index (χ2n) is 7.97. The number of aryl methyl sites for hydroxylation is 1. The van der Waals surface area contributed by atoms with Crippen molar-refractivity contribution in [3.63, 3.8) is 0 Å². The maximum Gasteiger partial charge on any atom is 0.244 e. The zero-order valence-electron chi connectivity index (χ0n) is 18.0. The first-order valence-corrected chi connectivity index (χ1v) is 12.0. The lowest BCUT2D eigenvalue weighted by Gasteiger charge is -2.19. The summed E-state index contributed by atoms with van der Waals surface area (Å²) in [4.78, 5) is 0. The monoisotopic (exact) mass is 519 g/mol. The van der Waals surface area contributed by atoms with Gasteiger partial charge in [-0.3, -0.25) is 0 Å². The Morgan fingerprint density at radius 2 is 1.67 bits per heavy atom. The minimum atomic E-state index is -0.304. The van der Waals surface area contributed by atoms with Crippen LogP contribution in [0.5, 0.6) is 0 Å². The fourth-order valence-electron chi connectivity index (χ4n) is 3.69. The minimum absolute atomic E-state index is 0.304. The molecule has 0 aliphatic heterocycles. The Kier molecular flexibility index (Phi) is 8.00. The van der Waals surface area contributed by atoms with Crippen LogP contribution in [0.1, 0.15) is 28.4 Å². The highest BCUT2D eigenvalue weighted by Crippen LogP contribution is 2.31. The summed E-state index contributed by atoms with van der Waals surface area (Å²) in [5.74, 6) is 0. The summed E-state index contributed by atoms with van der Waals surface area (Å²) in [5.41, 5.74) is 4.23. The number of imidazole rings is 1. The average Bonchev–Trinajstić information content (AvgIpc) is 3.19. The van der Waals surface area contributed by atoms with Crippen LogP contribution in [-0.2, 0) is 24.4 Å². The molecule has 1 heterocycles. The van der Waals surface area contributed by atoms with Crippen LogP contribution < -0.4 is 4.57 Å². The van der Waals surface area contributed by atoms with Gasteiger partial charge >= 0.3 is 0 Å². The SMILES string of the molecule is Cc1cccc(C[n+]2ccn(CC(OCc3ccc(Cl)cc3Cl)c3ccc(Cl)cc3Cl)c2)c1. The molecule has 0 amide bonds. The highest BCUT2D eigenvalue weighted by Gasteiger charge is 2.20. The molecular formula is C26H23Cl4N2O+.